The summed E-state index contributed by atoms with van der Waals surface area (Å²) in [7, 11) is -4.27. The van der Waals surface area contributed by atoms with Crippen LogP contribution in [0.25, 0.3) is 23.1 Å². The fourth-order valence-corrected chi connectivity index (χ4v) is 5.03. The molecule has 0 saturated carbocycles. The molecule has 0 unspecified atom stereocenters. The minimum absolute atomic E-state index is 0.0106. The van der Waals surface area contributed by atoms with Gasteiger partial charge in [0.1, 0.15) is 17.7 Å². The van der Waals surface area contributed by atoms with Gasteiger partial charge in [-0.15, -0.1) is 13.2 Å². The highest BCUT2D eigenvalue weighted by atomic mass is 32.2. The Labute approximate surface area is 202 Å². The second-order valence-electron chi connectivity index (χ2n) is 7.62. The Morgan fingerprint density at radius 2 is 1.92 bits per heavy atom. The molecule has 4 rings (SSSR count). The Hall–Kier alpha value is -4.26. The van der Waals surface area contributed by atoms with E-state index in [9.17, 15) is 26.4 Å². The van der Waals surface area contributed by atoms with Crippen molar-refractivity contribution in [1.29, 1.82) is 0 Å². The topological polar surface area (TPSA) is 124 Å². The second-order valence-corrected chi connectivity index (χ2v) is 9.41. The predicted molar refractivity (Wildman–Crippen MR) is 123 cm³/mol. The molecule has 36 heavy (non-hydrogen) atoms. The van der Waals surface area contributed by atoms with E-state index in [1.54, 1.807) is 19.1 Å². The van der Waals surface area contributed by atoms with Crippen molar-refractivity contribution in [3.05, 3.63) is 77.6 Å². The molecule has 2 heterocycles. The molecule has 0 spiro atoms. The molecule has 9 nitrogen and oxygen atoms in total. The van der Waals surface area contributed by atoms with E-state index >= 15 is 0 Å². The van der Waals surface area contributed by atoms with Crippen LogP contribution in [0.1, 0.15) is 22.5 Å². The number of carbonyl (C=O) groups is 1. The number of hydrogen-bond acceptors (Lipinski definition) is 6. The minimum atomic E-state index is -5.02. The number of nitrogens with zero attached hydrogens (tertiary/aromatic N) is 2. The zero-order valence-electron chi connectivity index (χ0n) is 18.5. The first-order chi connectivity index (χ1) is 16.9. The summed E-state index contributed by atoms with van der Waals surface area (Å²) in [5.74, 6) is -0.586. The van der Waals surface area contributed by atoms with E-state index in [4.69, 9.17) is 9.52 Å². The molecule has 0 radical (unpaired) electrons. The van der Waals surface area contributed by atoms with Crippen LogP contribution in [0.2, 0.25) is 0 Å². The molecule has 2 aromatic heterocycles. The molecule has 2 aromatic carbocycles. The minimum Gasteiger partial charge on any atom is -0.465 e. The van der Waals surface area contributed by atoms with Crippen LogP contribution in [-0.2, 0) is 16.6 Å². The molecular weight excluding hydrogens is 503 g/mol. The number of aromatic nitrogens is 2. The first-order valence-corrected chi connectivity index (χ1v) is 11.7. The average Bonchev–Trinajstić information content (AvgIpc) is 3.43. The smallest absolute Gasteiger partial charge is 0.465 e. The van der Waals surface area contributed by atoms with Gasteiger partial charge < -0.3 is 19.6 Å². The lowest BCUT2D eigenvalue weighted by molar-refractivity contribution is -0.274. The van der Waals surface area contributed by atoms with E-state index in [0.29, 0.717) is 5.69 Å². The number of alkyl halides is 3. The van der Waals surface area contributed by atoms with Gasteiger partial charge in [-0.1, -0.05) is 17.7 Å². The summed E-state index contributed by atoms with van der Waals surface area (Å²) in [6.45, 7) is 1.36. The van der Waals surface area contributed by atoms with Gasteiger partial charge in [0.05, 0.1) is 22.7 Å². The van der Waals surface area contributed by atoms with Crippen LogP contribution in [0, 0.1) is 6.92 Å². The van der Waals surface area contributed by atoms with Gasteiger partial charge in [-0.3, -0.25) is 0 Å². The molecule has 0 aliphatic carbocycles. The maximum Gasteiger partial charge on any atom is 0.573 e. The number of aryl methyl sites for hydroxylation is 1. The lowest BCUT2D eigenvalue weighted by atomic mass is 10.1. The molecule has 4 aromatic rings. The van der Waals surface area contributed by atoms with E-state index in [1.807, 2.05) is 0 Å². The van der Waals surface area contributed by atoms with E-state index in [2.05, 4.69) is 15.0 Å². The van der Waals surface area contributed by atoms with Gasteiger partial charge in [-0.05, 0) is 49.4 Å². The molecule has 0 atom stereocenters. The standard InChI is InChI=1S/C23H18F3N3O6S/c1-14-2-6-19(7-3-14)36(32,33)29-18(11-27-22(30)31)8-16-10-21(35-23(24,25)26)15(9-20(16)29)4-5-17-12-34-13-28-17/h2-10,12-13,27H,11H2,1H3,(H,30,31)/b5-4+. The van der Waals surface area contributed by atoms with Crippen molar-refractivity contribution in [1.82, 2.24) is 14.3 Å². The summed E-state index contributed by atoms with van der Waals surface area (Å²) in [5, 5.41) is 11.2. The van der Waals surface area contributed by atoms with Crippen LogP contribution in [0.15, 0.2) is 64.4 Å². The maximum absolute atomic E-state index is 13.6. The van der Waals surface area contributed by atoms with Gasteiger partial charge in [0, 0.05) is 10.9 Å². The fourth-order valence-electron chi connectivity index (χ4n) is 3.50. The van der Waals surface area contributed by atoms with Crippen molar-refractivity contribution < 1.29 is 40.6 Å². The van der Waals surface area contributed by atoms with Crippen LogP contribution in [0.5, 0.6) is 5.75 Å². The molecule has 0 bridgehead atoms. The van der Waals surface area contributed by atoms with E-state index < -0.39 is 34.8 Å². The highest BCUT2D eigenvalue weighted by Crippen LogP contribution is 2.35. The Balaban J connectivity index is 1.96. The maximum atomic E-state index is 13.6. The van der Waals surface area contributed by atoms with Crippen LogP contribution >= 0.6 is 0 Å². The van der Waals surface area contributed by atoms with Crippen LogP contribution in [0.3, 0.4) is 0 Å². The number of ether oxygens (including phenoxy) is 1. The van der Waals surface area contributed by atoms with Crippen molar-refractivity contribution in [2.24, 2.45) is 0 Å². The van der Waals surface area contributed by atoms with Gasteiger partial charge in [0.15, 0.2) is 6.39 Å². The SMILES string of the molecule is Cc1ccc(S(=O)(=O)n2c(CNC(=O)O)cc3cc(OC(F)(F)F)c(/C=C/c4cocn4)cc32)cc1. The molecular formula is C23H18F3N3O6S. The fraction of sp³-hybridized carbons (Fsp3) is 0.130. The van der Waals surface area contributed by atoms with Gasteiger partial charge in [-0.2, -0.15) is 0 Å². The Morgan fingerprint density at radius 1 is 1.19 bits per heavy atom. The molecule has 188 valence electrons. The molecule has 0 fully saturated rings. The van der Waals surface area contributed by atoms with Crippen LogP contribution in [0.4, 0.5) is 18.0 Å². The number of hydrogen-bond donors (Lipinski definition) is 2. The zero-order chi connectivity index (χ0) is 26.1. The number of carboxylic acid groups (broad SMARTS) is 1. The number of halogens is 3. The zero-order valence-corrected chi connectivity index (χ0v) is 19.3. The highest BCUT2D eigenvalue weighted by molar-refractivity contribution is 7.90. The monoisotopic (exact) mass is 521 g/mol. The summed E-state index contributed by atoms with van der Waals surface area (Å²) in [4.78, 5) is 14.9. The molecule has 1 amide bonds. The van der Waals surface area contributed by atoms with Gasteiger partial charge in [0.2, 0.25) is 0 Å². The largest absolute Gasteiger partial charge is 0.573 e. The summed E-state index contributed by atoms with van der Waals surface area (Å²) in [6.07, 6.45) is -1.39. The quantitative estimate of drug-likeness (QED) is 0.350. The summed E-state index contributed by atoms with van der Waals surface area (Å²) >= 11 is 0. The van der Waals surface area contributed by atoms with Crippen LogP contribution in [-0.4, -0.2) is 34.9 Å². The van der Waals surface area contributed by atoms with Gasteiger partial charge in [-0.25, -0.2) is 22.2 Å². The van der Waals surface area contributed by atoms with E-state index in [-0.39, 0.29) is 27.1 Å². The lowest BCUT2D eigenvalue weighted by Gasteiger charge is -2.14. The van der Waals surface area contributed by atoms with E-state index in [0.717, 1.165) is 22.0 Å². The Kier molecular flexibility index (Phi) is 6.50. The number of nitrogens with one attached hydrogen (secondary N) is 1. The summed E-state index contributed by atoms with van der Waals surface area (Å²) in [5.41, 5.74) is 1.03. The second kappa shape index (κ2) is 9.41. The van der Waals surface area contributed by atoms with E-state index in [1.165, 1.54) is 42.7 Å². The number of fused-ring (bicyclic) bond motifs is 1. The van der Waals surface area contributed by atoms with Crippen LogP contribution < -0.4 is 10.1 Å². The molecule has 0 saturated heterocycles. The predicted octanol–water partition coefficient (Wildman–Crippen LogP) is 5.01. The third-order valence-electron chi connectivity index (χ3n) is 5.05. The highest BCUT2D eigenvalue weighted by Gasteiger charge is 2.33. The van der Waals surface area contributed by atoms with Crippen molar-refractivity contribution >= 4 is 39.2 Å². The summed E-state index contributed by atoms with van der Waals surface area (Å²) in [6, 6.07) is 9.49. The van der Waals surface area contributed by atoms with Gasteiger partial charge >= 0.3 is 12.5 Å². The number of benzene rings is 2. The number of amides is 1. The third-order valence-corrected chi connectivity index (χ3v) is 6.83. The Bertz CT molecular complexity index is 1540. The number of oxazole rings is 1. The first-order valence-electron chi connectivity index (χ1n) is 10.2. The lowest BCUT2D eigenvalue weighted by Crippen LogP contribution is -2.24. The average molecular weight is 521 g/mol. The normalized spacial score (nSPS) is 12.3. The van der Waals surface area contributed by atoms with Crippen molar-refractivity contribution in [2.75, 3.05) is 0 Å². The van der Waals surface area contributed by atoms with Gasteiger partial charge in [0.25, 0.3) is 10.0 Å². The molecule has 2 N–H and O–H groups in total. The summed E-state index contributed by atoms with van der Waals surface area (Å²) < 4.78 is 76.5. The molecule has 0 aliphatic rings. The van der Waals surface area contributed by atoms with Crippen molar-refractivity contribution in [3.63, 3.8) is 0 Å². The van der Waals surface area contributed by atoms with Crippen molar-refractivity contribution in [3.8, 4) is 5.75 Å². The molecule has 0 aliphatic heterocycles. The number of rotatable bonds is 7. The molecule has 13 heteroatoms. The third kappa shape index (κ3) is 5.35. The Morgan fingerprint density at radius 3 is 2.53 bits per heavy atom. The first kappa shape index (κ1) is 24.9. The van der Waals surface area contributed by atoms with Crippen molar-refractivity contribution in [2.45, 2.75) is 24.7 Å².